The number of ether oxygens (including phenoxy) is 1. The SMILES string of the molecule is C=CCCCCCCCCCCCCCCCC[SiH](C)OCCOC. The second-order valence-electron chi connectivity index (χ2n) is 7.49. The number of methoxy groups -OCH3 is 1. The molecule has 25 heavy (non-hydrogen) atoms. The van der Waals surface area contributed by atoms with Crippen molar-refractivity contribution in [3.8, 4) is 0 Å². The van der Waals surface area contributed by atoms with E-state index >= 15 is 0 Å². The molecule has 0 aliphatic carbocycles. The van der Waals surface area contributed by atoms with Crippen molar-refractivity contribution in [2.75, 3.05) is 20.3 Å². The fraction of sp³-hybridized carbons (Fsp3) is 0.909. The third-order valence-electron chi connectivity index (χ3n) is 4.96. The summed E-state index contributed by atoms with van der Waals surface area (Å²) >= 11 is 0. The van der Waals surface area contributed by atoms with Gasteiger partial charge in [0.2, 0.25) is 0 Å². The minimum Gasteiger partial charge on any atom is -0.418 e. The van der Waals surface area contributed by atoms with Crippen LogP contribution in [-0.4, -0.2) is 29.4 Å². The minimum atomic E-state index is -0.911. The average Bonchev–Trinajstić information content (AvgIpc) is 2.61. The van der Waals surface area contributed by atoms with Gasteiger partial charge in [-0.15, -0.1) is 6.58 Å². The number of rotatable bonds is 21. The van der Waals surface area contributed by atoms with Crippen LogP contribution in [0.5, 0.6) is 0 Å². The molecule has 3 heteroatoms. The second-order valence-corrected chi connectivity index (χ2v) is 10.0. The number of allylic oxidation sites excluding steroid dienone is 1. The van der Waals surface area contributed by atoms with Gasteiger partial charge in [-0.2, -0.15) is 0 Å². The van der Waals surface area contributed by atoms with Gasteiger partial charge in [0.25, 0.3) is 0 Å². The molecule has 0 saturated carbocycles. The first-order chi connectivity index (χ1) is 12.3. The average molecular weight is 371 g/mol. The zero-order valence-corrected chi connectivity index (χ0v) is 18.6. The molecule has 1 unspecified atom stereocenters. The fourth-order valence-corrected chi connectivity index (χ4v) is 4.79. The van der Waals surface area contributed by atoms with Gasteiger partial charge < -0.3 is 9.16 Å². The molecular formula is C22H46O2Si. The largest absolute Gasteiger partial charge is 0.418 e. The molecule has 1 atom stereocenters. The first kappa shape index (κ1) is 24.9. The lowest BCUT2D eigenvalue weighted by atomic mass is 10.0. The minimum absolute atomic E-state index is 0.743. The van der Waals surface area contributed by atoms with E-state index < -0.39 is 9.04 Å². The Kier molecular flexibility index (Phi) is 21.8. The summed E-state index contributed by atoms with van der Waals surface area (Å²) in [6.07, 6.45) is 23.2. The Morgan fingerprint density at radius 2 is 1.12 bits per heavy atom. The van der Waals surface area contributed by atoms with Gasteiger partial charge in [0.1, 0.15) is 0 Å². The smallest absolute Gasteiger partial charge is 0.174 e. The lowest BCUT2D eigenvalue weighted by Crippen LogP contribution is -2.16. The highest BCUT2D eigenvalue weighted by Gasteiger charge is 2.03. The van der Waals surface area contributed by atoms with Gasteiger partial charge in [0.05, 0.1) is 13.2 Å². The Labute approximate surface area is 160 Å². The van der Waals surface area contributed by atoms with Crippen LogP contribution in [0.25, 0.3) is 0 Å². The van der Waals surface area contributed by atoms with E-state index in [1.807, 2.05) is 6.08 Å². The Bertz CT molecular complexity index is 258. The zero-order chi connectivity index (χ0) is 18.4. The first-order valence-corrected chi connectivity index (χ1v) is 13.5. The normalized spacial score (nSPS) is 12.4. The zero-order valence-electron chi connectivity index (χ0n) is 17.4. The van der Waals surface area contributed by atoms with E-state index in [9.17, 15) is 0 Å². The molecule has 0 fully saturated rings. The maximum absolute atomic E-state index is 5.82. The molecular weight excluding hydrogens is 324 g/mol. The van der Waals surface area contributed by atoms with Gasteiger partial charge in [0, 0.05) is 7.11 Å². The molecule has 0 aromatic rings. The van der Waals surface area contributed by atoms with Gasteiger partial charge >= 0.3 is 0 Å². The molecule has 0 aliphatic heterocycles. The maximum atomic E-state index is 5.82. The van der Waals surface area contributed by atoms with E-state index in [0.29, 0.717) is 0 Å². The summed E-state index contributed by atoms with van der Waals surface area (Å²) in [5, 5.41) is 0. The monoisotopic (exact) mass is 370 g/mol. The summed E-state index contributed by atoms with van der Waals surface area (Å²) in [5.74, 6) is 0. The summed E-state index contributed by atoms with van der Waals surface area (Å²) in [6, 6.07) is 1.33. The van der Waals surface area contributed by atoms with Crippen LogP contribution >= 0.6 is 0 Å². The maximum Gasteiger partial charge on any atom is 0.174 e. The quantitative estimate of drug-likeness (QED) is 0.122. The van der Waals surface area contributed by atoms with Crippen LogP contribution in [0.2, 0.25) is 12.6 Å². The van der Waals surface area contributed by atoms with Gasteiger partial charge in [-0.1, -0.05) is 89.5 Å². The lowest BCUT2D eigenvalue weighted by molar-refractivity contribution is 0.146. The molecule has 0 spiro atoms. The standard InChI is InChI=1S/C22H46O2Si/c1-4-5-6-7-8-9-10-11-12-13-14-15-16-17-18-19-22-25(3)24-21-20-23-2/h4,25H,1,5-22H2,2-3H3. The van der Waals surface area contributed by atoms with Crippen molar-refractivity contribution >= 4 is 9.04 Å². The molecule has 0 bridgehead atoms. The molecule has 0 aromatic carbocycles. The van der Waals surface area contributed by atoms with E-state index in [4.69, 9.17) is 9.16 Å². The van der Waals surface area contributed by atoms with E-state index in [-0.39, 0.29) is 0 Å². The lowest BCUT2D eigenvalue weighted by Gasteiger charge is -2.10. The Morgan fingerprint density at radius 1 is 0.680 bits per heavy atom. The van der Waals surface area contributed by atoms with Gasteiger partial charge in [0.15, 0.2) is 9.04 Å². The third kappa shape index (κ3) is 21.8. The Hall–Kier alpha value is -0.123. The molecule has 2 nitrogen and oxygen atoms in total. The van der Waals surface area contributed by atoms with Crippen molar-refractivity contribution in [3.05, 3.63) is 12.7 Å². The molecule has 0 radical (unpaired) electrons. The first-order valence-electron chi connectivity index (χ1n) is 11.0. The Morgan fingerprint density at radius 3 is 1.56 bits per heavy atom. The summed E-state index contributed by atoms with van der Waals surface area (Å²) in [6.45, 7) is 7.63. The van der Waals surface area contributed by atoms with Gasteiger partial charge in [-0.25, -0.2) is 0 Å². The third-order valence-corrected chi connectivity index (χ3v) is 6.98. The van der Waals surface area contributed by atoms with Crippen molar-refractivity contribution in [1.82, 2.24) is 0 Å². The van der Waals surface area contributed by atoms with Crippen LogP contribution in [0.1, 0.15) is 96.3 Å². The summed E-state index contributed by atoms with van der Waals surface area (Å²) < 4.78 is 10.8. The molecule has 0 aromatic heterocycles. The van der Waals surface area contributed by atoms with Crippen molar-refractivity contribution < 1.29 is 9.16 Å². The van der Waals surface area contributed by atoms with Crippen molar-refractivity contribution in [3.63, 3.8) is 0 Å². The molecule has 0 heterocycles. The predicted octanol–water partition coefficient (Wildman–Crippen LogP) is 7.04. The highest BCUT2D eigenvalue weighted by Crippen LogP contribution is 2.14. The molecule has 0 rings (SSSR count). The van der Waals surface area contributed by atoms with Crippen LogP contribution in [0, 0.1) is 0 Å². The highest BCUT2D eigenvalue weighted by atomic mass is 28.3. The molecule has 0 N–H and O–H groups in total. The number of hydrogen-bond donors (Lipinski definition) is 0. The molecule has 0 amide bonds. The highest BCUT2D eigenvalue weighted by molar-refractivity contribution is 6.50. The van der Waals surface area contributed by atoms with E-state index in [1.54, 1.807) is 7.11 Å². The van der Waals surface area contributed by atoms with Crippen LogP contribution in [0.15, 0.2) is 12.7 Å². The van der Waals surface area contributed by atoms with Crippen molar-refractivity contribution in [2.24, 2.45) is 0 Å². The molecule has 150 valence electrons. The summed E-state index contributed by atoms with van der Waals surface area (Å²) in [4.78, 5) is 0. The van der Waals surface area contributed by atoms with Crippen LogP contribution in [0.4, 0.5) is 0 Å². The van der Waals surface area contributed by atoms with E-state index in [1.165, 1.54) is 102 Å². The molecule has 0 saturated heterocycles. The number of unbranched alkanes of at least 4 members (excludes halogenated alkanes) is 14. The topological polar surface area (TPSA) is 18.5 Å². The second kappa shape index (κ2) is 21.9. The summed E-state index contributed by atoms with van der Waals surface area (Å²) in [7, 11) is 0.828. The van der Waals surface area contributed by atoms with Gasteiger partial charge in [-0.05, 0) is 25.4 Å². The Balaban J connectivity index is 3.06. The molecule has 0 aliphatic rings. The van der Waals surface area contributed by atoms with Crippen LogP contribution in [-0.2, 0) is 9.16 Å². The van der Waals surface area contributed by atoms with Gasteiger partial charge in [-0.3, -0.25) is 0 Å². The van der Waals surface area contributed by atoms with Crippen molar-refractivity contribution in [2.45, 2.75) is 109 Å². The van der Waals surface area contributed by atoms with Crippen molar-refractivity contribution in [1.29, 1.82) is 0 Å². The van der Waals surface area contributed by atoms with Crippen LogP contribution in [0.3, 0.4) is 0 Å². The van der Waals surface area contributed by atoms with Crippen LogP contribution < -0.4 is 0 Å². The predicted molar refractivity (Wildman–Crippen MR) is 115 cm³/mol. The van der Waals surface area contributed by atoms with E-state index in [2.05, 4.69) is 13.1 Å². The fourth-order valence-electron chi connectivity index (χ4n) is 3.26. The number of hydrogen-bond acceptors (Lipinski definition) is 2. The van der Waals surface area contributed by atoms with E-state index in [0.717, 1.165) is 13.2 Å². The summed E-state index contributed by atoms with van der Waals surface area (Å²) in [5.41, 5.74) is 0.